The molecule has 0 radical (unpaired) electrons. The molecule has 4 N–H and O–H groups in total. The summed E-state index contributed by atoms with van der Waals surface area (Å²) in [7, 11) is 6.59. The lowest BCUT2D eigenvalue weighted by atomic mass is 9.76. The number of amides is 1. The summed E-state index contributed by atoms with van der Waals surface area (Å²) < 4.78 is 36.4. The highest BCUT2D eigenvalue weighted by molar-refractivity contribution is 5.81. The van der Waals surface area contributed by atoms with Crippen molar-refractivity contribution in [2.75, 3.05) is 41.5 Å². The molecule has 48 heavy (non-hydrogen) atoms. The fourth-order valence-corrected chi connectivity index (χ4v) is 7.05. The maximum absolute atomic E-state index is 13.9. The summed E-state index contributed by atoms with van der Waals surface area (Å²) in [6.07, 6.45) is -6.44. The SMILES string of the molecule is CC[C@H]1OC(=O)[C@H](C)[C@@H](OC(=O)NCCCO)[C@H](C)[C@@H](O[C@@H]2O[C@H](C)C[C@H](N(C)C)[C@H]2O)[C@](C)(OC)C[C@@H](C)C(=O)C[C@@H](OC)[C@]1(C)O. The molecule has 2 heterocycles. The van der Waals surface area contributed by atoms with E-state index in [4.69, 9.17) is 28.4 Å². The van der Waals surface area contributed by atoms with E-state index in [0.29, 0.717) is 12.8 Å². The molecule has 2 fully saturated rings. The molecular weight excluding hydrogens is 628 g/mol. The first-order valence-electron chi connectivity index (χ1n) is 17.1. The Labute approximate surface area is 286 Å². The molecular formula is C34H62N2O12. The van der Waals surface area contributed by atoms with E-state index in [1.54, 1.807) is 34.6 Å². The zero-order valence-corrected chi connectivity index (χ0v) is 30.8. The van der Waals surface area contributed by atoms with Crippen LogP contribution in [0.15, 0.2) is 0 Å². The van der Waals surface area contributed by atoms with Crippen LogP contribution in [0.3, 0.4) is 0 Å². The second-order valence-electron chi connectivity index (χ2n) is 14.2. The van der Waals surface area contributed by atoms with Crippen LogP contribution in [-0.4, -0.2) is 140 Å². The standard InChI is InChI=1S/C34H62N2O12/c1-12-25-34(7,42)26(43-10)17-24(38)19(2)18-33(6,44-11)29(48-31-27(39)23(36(8)9)16-20(3)45-31)21(4)28(22(5)30(40)46-25)47-32(41)35-14-13-15-37/h19-23,25-29,31,37,39,42H,12-18H2,1-11H3,(H,35,41)/t19-,20-,21+,22-,23+,25-,26-,27-,28+,29-,31+,33-,34-/m1/s1. The van der Waals surface area contributed by atoms with Gasteiger partial charge in [-0.1, -0.05) is 20.8 Å². The summed E-state index contributed by atoms with van der Waals surface area (Å²) in [6.45, 7) is 11.9. The van der Waals surface area contributed by atoms with Crippen molar-refractivity contribution in [2.45, 2.75) is 141 Å². The molecule has 2 rings (SSSR count). The van der Waals surface area contributed by atoms with Crippen LogP contribution in [0, 0.1) is 17.8 Å². The highest BCUT2D eigenvalue weighted by atomic mass is 16.7. The largest absolute Gasteiger partial charge is 0.459 e. The van der Waals surface area contributed by atoms with E-state index < -0.39 is 77.8 Å². The van der Waals surface area contributed by atoms with Gasteiger partial charge in [0.05, 0.1) is 29.8 Å². The monoisotopic (exact) mass is 690 g/mol. The number of cyclic esters (lactones) is 1. The van der Waals surface area contributed by atoms with Gasteiger partial charge in [-0.15, -0.1) is 0 Å². The number of methoxy groups -OCH3 is 2. The molecule has 0 aromatic heterocycles. The van der Waals surface area contributed by atoms with Crippen LogP contribution < -0.4 is 5.32 Å². The Bertz CT molecular complexity index is 1040. The highest BCUT2D eigenvalue weighted by Gasteiger charge is 2.52. The third-order valence-corrected chi connectivity index (χ3v) is 10.2. The summed E-state index contributed by atoms with van der Waals surface area (Å²) in [4.78, 5) is 42.6. The van der Waals surface area contributed by atoms with Crippen LogP contribution in [0.1, 0.15) is 80.6 Å². The first-order chi connectivity index (χ1) is 22.4. The van der Waals surface area contributed by atoms with Gasteiger partial charge in [-0.3, -0.25) is 9.59 Å². The lowest BCUT2D eigenvalue weighted by Crippen LogP contribution is -2.60. The van der Waals surface area contributed by atoms with Crippen molar-refractivity contribution in [2.24, 2.45) is 17.8 Å². The van der Waals surface area contributed by atoms with Crippen molar-refractivity contribution in [1.29, 1.82) is 0 Å². The number of hydrogen-bond donors (Lipinski definition) is 4. The number of esters is 1. The van der Waals surface area contributed by atoms with Gasteiger partial charge in [-0.05, 0) is 67.5 Å². The molecule has 0 aromatic carbocycles. The normalized spacial score (nSPS) is 40.6. The topological polar surface area (TPSA) is 183 Å². The summed E-state index contributed by atoms with van der Waals surface area (Å²) in [5, 5.41) is 34.8. The Kier molecular flexibility index (Phi) is 16.2. The minimum atomic E-state index is -1.73. The van der Waals surface area contributed by atoms with Crippen LogP contribution in [0.5, 0.6) is 0 Å². The number of nitrogens with one attached hydrogen (secondary N) is 1. The zero-order valence-electron chi connectivity index (χ0n) is 30.8. The number of aliphatic hydroxyl groups is 3. The number of carbonyl (C=O) groups is 3. The fourth-order valence-electron chi connectivity index (χ4n) is 7.05. The van der Waals surface area contributed by atoms with Gasteiger partial charge in [-0.2, -0.15) is 0 Å². The van der Waals surface area contributed by atoms with Gasteiger partial charge in [0.2, 0.25) is 0 Å². The molecule has 0 bridgehead atoms. The van der Waals surface area contributed by atoms with Gasteiger partial charge in [0, 0.05) is 51.7 Å². The number of likely N-dealkylation sites (N-methyl/N-ethyl adjacent to an activating group) is 1. The lowest BCUT2D eigenvalue weighted by Gasteiger charge is -2.48. The molecule has 2 aliphatic heterocycles. The van der Waals surface area contributed by atoms with Crippen molar-refractivity contribution in [3.05, 3.63) is 0 Å². The van der Waals surface area contributed by atoms with Crippen molar-refractivity contribution in [1.82, 2.24) is 10.2 Å². The predicted molar refractivity (Wildman–Crippen MR) is 176 cm³/mol. The fraction of sp³-hybridized carbons (Fsp3) is 0.912. The average Bonchev–Trinajstić information content (AvgIpc) is 3.03. The van der Waals surface area contributed by atoms with E-state index in [9.17, 15) is 29.7 Å². The predicted octanol–water partition coefficient (Wildman–Crippen LogP) is 2.04. The van der Waals surface area contributed by atoms with Crippen LogP contribution >= 0.6 is 0 Å². The van der Waals surface area contributed by atoms with Gasteiger partial charge in [0.1, 0.15) is 29.7 Å². The van der Waals surface area contributed by atoms with Gasteiger partial charge in [-0.25, -0.2) is 4.79 Å². The molecule has 14 nitrogen and oxygen atoms in total. The number of nitrogens with zero attached hydrogens (tertiary/aromatic N) is 1. The maximum atomic E-state index is 13.9. The quantitative estimate of drug-likeness (QED) is 0.193. The van der Waals surface area contributed by atoms with E-state index in [1.165, 1.54) is 21.1 Å². The Balaban J connectivity index is 2.73. The van der Waals surface area contributed by atoms with Gasteiger partial charge < -0.3 is 54.0 Å². The van der Waals surface area contributed by atoms with Gasteiger partial charge >= 0.3 is 12.1 Å². The van der Waals surface area contributed by atoms with Crippen molar-refractivity contribution in [3.8, 4) is 0 Å². The summed E-state index contributed by atoms with van der Waals surface area (Å²) in [5.41, 5.74) is -2.97. The van der Waals surface area contributed by atoms with E-state index in [2.05, 4.69) is 5.32 Å². The van der Waals surface area contributed by atoms with Crippen LogP contribution in [0.4, 0.5) is 4.79 Å². The molecule has 0 saturated carbocycles. The Morgan fingerprint density at radius 3 is 2.31 bits per heavy atom. The zero-order chi connectivity index (χ0) is 36.6. The minimum absolute atomic E-state index is 0.135. The maximum Gasteiger partial charge on any atom is 0.407 e. The molecule has 14 heteroatoms. The van der Waals surface area contributed by atoms with Gasteiger partial charge in [0.25, 0.3) is 0 Å². The Morgan fingerprint density at radius 1 is 1.12 bits per heavy atom. The first-order valence-corrected chi connectivity index (χ1v) is 17.1. The van der Waals surface area contributed by atoms with Crippen LogP contribution in [0.2, 0.25) is 0 Å². The number of rotatable bonds is 10. The first kappa shape index (κ1) is 42.3. The molecule has 13 atom stereocenters. The Morgan fingerprint density at radius 2 is 1.77 bits per heavy atom. The number of carbonyl (C=O) groups excluding carboxylic acids is 3. The van der Waals surface area contributed by atoms with Crippen molar-refractivity contribution < 1.29 is 58.1 Å². The van der Waals surface area contributed by atoms with Crippen molar-refractivity contribution >= 4 is 17.8 Å². The second kappa shape index (κ2) is 18.4. The lowest BCUT2D eigenvalue weighted by molar-refractivity contribution is -0.301. The highest BCUT2D eigenvalue weighted by Crippen LogP contribution is 2.39. The number of hydrogen-bond acceptors (Lipinski definition) is 13. The molecule has 0 aromatic rings. The number of Topliss-reactive ketones (excluding diaryl/α,β-unsaturated/α-hetero) is 1. The number of alkyl carbamates (subject to hydrolysis) is 1. The average molecular weight is 691 g/mol. The van der Waals surface area contributed by atoms with Crippen LogP contribution in [-0.2, 0) is 38.0 Å². The van der Waals surface area contributed by atoms with Gasteiger partial charge in [0.15, 0.2) is 6.29 Å². The third kappa shape index (κ3) is 10.3. The number of ketones is 1. The summed E-state index contributed by atoms with van der Waals surface area (Å²) >= 11 is 0. The van der Waals surface area contributed by atoms with Crippen LogP contribution in [0.25, 0.3) is 0 Å². The Hall–Kier alpha value is -1.91. The second-order valence-corrected chi connectivity index (χ2v) is 14.2. The van der Waals surface area contributed by atoms with E-state index in [-0.39, 0.29) is 50.3 Å². The molecule has 0 unspecified atom stereocenters. The third-order valence-electron chi connectivity index (χ3n) is 10.2. The molecule has 0 spiro atoms. The molecule has 280 valence electrons. The smallest absolute Gasteiger partial charge is 0.407 e. The van der Waals surface area contributed by atoms with Crippen molar-refractivity contribution in [3.63, 3.8) is 0 Å². The molecule has 1 amide bonds. The number of aliphatic hydroxyl groups excluding tert-OH is 2. The molecule has 2 saturated heterocycles. The molecule has 2 aliphatic rings. The van der Waals surface area contributed by atoms with E-state index >= 15 is 0 Å². The summed E-state index contributed by atoms with van der Waals surface area (Å²) in [6, 6.07) is -0.287. The van der Waals surface area contributed by atoms with E-state index in [0.717, 1.165) is 0 Å². The van der Waals surface area contributed by atoms with E-state index in [1.807, 2.05) is 25.9 Å². The number of ether oxygens (including phenoxy) is 6. The molecule has 0 aliphatic carbocycles. The minimum Gasteiger partial charge on any atom is -0.459 e. The summed E-state index contributed by atoms with van der Waals surface area (Å²) in [5.74, 6) is -3.45.